The van der Waals surface area contributed by atoms with Crippen molar-refractivity contribution in [3.05, 3.63) is 54.1 Å². The summed E-state index contributed by atoms with van der Waals surface area (Å²) in [4.78, 5) is 16.4. The largest absolute Gasteiger partial charge is 0.493 e. The molecule has 2 aromatic carbocycles. The van der Waals surface area contributed by atoms with E-state index in [9.17, 15) is 4.79 Å². The molecule has 6 heteroatoms. The molecule has 0 bridgehead atoms. The lowest BCUT2D eigenvalue weighted by Crippen LogP contribution is -2.07. The van der Waals surface area contributed by atoms with E-state index >= 15 is 0 Å². The van der Waals surface area contributed by atoms with Crippen molar-refractivity contribution in [1.29, 1.82) is 0 Å². The molecule has 1 aromatic heterocycles. The van der Waals surface area contributed by atoms with Gasteiger partial charge in [0.05, 0.1) is 24.4 Å². The monoisotopic (exact) mass is 340 g/mol. The van der Waals surface area contributed by atoms with E-state index in [-0.39, 0.29) is 5.91 Å². The van der Waals surface area contributed by atoms with Crippen LogP contribution in [0.3, 0.4) is 0 Å². The van der Waals surface area contributed by atoms with Gasteiger partial charge in [-0.3, -0.25) is 10.1 Å². The van der Waals surface area contributed by atoms with E-state index in [0.717, 1.165) is 15.8 Å². The number of rotatable bonds is 5. The SMILES string of the molecule is COc1ccc(C=CC(=O)Nc2nc3ccccc3s2)cc1OC. The number of hydrogen-bond acceptors (Lipinski definition) is 5. The summed E-state index contributed by atoms with van der Waals surface area (Å²) in [5.41, 5.74) is 1.72. The molecular weight excluding hydrogens is 324 g/mol. The van der Waals surface area contributed by atoms with Crippen LogP contribution in [0.1, 0.15) is 5.56 Å². The molecule has 0 unspecified atom stereocenters. The van der Waals surface area contributed by atoms with E-state index in [4.69, 9.17) is 9.47 Å². The van der Waals surface area contributed by atoms with Gasteiger partial charge in [0.25, 0.3) is 0 Å². The molecule has 0 atom stereocenters. The number of carbonyl (C=O) groups is 1. The molecule has 0 aliphatic carbocycles. The average molecular weight is 340 g/mol. The second-order valence-corrected chi connectivity index (χ2v) is 5.95. The normalized spacial score (nSPS) is 10.9. The highest BCUT2D eigenvalue weighted by atomic mass is 32.1. The van der Waals surface area contributed by atoms with E-state index in [0.29, 0.717) is 16.6 Å². The number of benzene rings is 2. The number of carbonyl (C=O) groups excluding carboxylic acids is 1. The third-order valence-corrected chi connectivity index (χ3v) is 4.31. The van der Waals surface area contributed by atoms with Gasteiger partial charge in [-0.2, -0.15) is 0 Å². The van der Waals surface area contributed by atoms with E-state index in [2.05, 4.69) is 10.3 Å². The second kappa shape index (κ2) is 7.14. The van der Waals surface area contributed by atoms with Gasteiger partial charge in [-0.1, -0.05) is 29.5 Å². The summed E-state index contributed by atoms with van der Waals surface area (Å²) in [5.74, 6) is 1.03. The minimum atomic E-state index is -0.233. The third-order valence-electron chi connectivity index (χ3n) is 3.36. The molecule has 0 aliphatic rings. The lowest BCUT2D eigenvalue weighted by atomic mass is 10.2. The zero-order valence-electron chi connectivity index (χ0n) is 13.3. The van der Waals surface area contributed by atoms with Crippen molar-refractivity contribution in [1.82, 2.24) is 4.98 Å². The minimum Gasteiger partial charge on any atom is -0.493 e. The fourth-order valence-electron chi connectivity index (χ4n) is 2.20. The number of methoxy groups -OCH3 is 2. The molecule has 3 rings (SSSR count). The number of anilines is 1. The van der Waals surface area contributed by atoms with Crippen molar-refractivity contribution in [2.45, 2.75) is 0 Å². The Hall–Kier alpha value is -2.86. The number of amides is 1. The van der Waals surface area contributed by atoms with Gasteiger partial charge in [-0.25, -0.2) is 4.98 Å². The fourth-order valence-corrected chi connectivity index (χ4v) is 3.07. The van der Waals surface area contributed by atoms with Gasteiger partial charge in [-0.15, -0.1) is 0 Å². The molecule has 1 heterocycles. The molecule has 1 N–H and O–H groups in total. The van der Waals surface area contributed by atoms with Crippen LogP contribution < -0.4 is 14.8 Å². The molecule has 122 valence electrons. The first-order valence-electron chi connectivity index (χ1n) is 7.26. The zero-order valence-corrected chi connectivity index (χ0v) is 14.1. The zero-order chi connectivity index (χ0) is 16.9. The Kier molecular flexibility index (Phi) is 4.77. The molecule has 1 amide bonds. The first-order valence-corrected chi connectivity index (χ1v) is 8.08. The first-order chi connectivity index (χ1) is 11.7. The highest BCUT2D eigenvalue weighted by molar-refractivity contribution is 7.22. The molecule has 0 radical (unpaired) electrons. The molecule has 0 fully saturated rings. The van der Waals surface area contributed by atoms with Crippen molar-refractivity contribution >= 4 is 38.7 Å². The summed E-state index contributed by atoms with van der Waals surface area (Å²) in [7, 11) is 3.16. The van der Waals surface area contributed by atoms with E-state index < -0.39 is 0 Å². The highest BCUT2D eigenvalue weighted by Gasteiger charge is 2.06. The Bertz CT molecular complexity index is 869. The minimum absolute atomic E-state index is 0.233. The Morgan fingerprint density at radius 1 is 1.12 bits per heavy atom. The van der Waals surface area contributed by atoms with Crippen molar-refractivity contribution in [2.75, 3.05) is 19.5 Å². The highest BCUT2D eigenvalue weighted by Crippen LogP contribution is 2.28. The van der Waals surface area contributed by atoms with E-state index in [1.54, 1.807) is 32.4 Å². The first kappa shape index (κ1) is 16.0. The molecule has 3 aromatic rings. The third kappa shape index (κ3) is 3.55. The number of hydrogen-bond donors (Lipinski definition) is 1. The number of fused-ring (bicyclic) bond motifs is 1. The lowest BCUT2D eigenvalue weighted by molar-refractivity contribution is -0.111. The molecular formula is C18H16N2O3S. The Morgan fingerprint density at radius 3 is 2.67 bits per heavy atom. The van der Waals surface area contributed by atoms with Gasteiger partial charge in [-0.05, 0) is 35.9 Å². The van der Waals surface area contributed by atoms with Gasteiger partial charge in [0.15, 0.2) is 16.6 Å². The Labute approximate surface area is 143 Å². The van der Waals surface area contributed by atoms with Crippen LogP contribution in [-0.2, 0) is 4.79 Å². The average Bonchev–Trinajstić information content (AvgIpc) is 3.01. The predicted octanol–water partition coefficient (Wildman–Crippen LogP) is 3.97. The standard InChI is InChI=1S/C18H16N2O3S/c1-22-14-9-7-12(11-15(14)23-2)8-10-17(21)20-18-19-13-5-3-4-6-16(13)24-18/h3-11H,1-2H3,(H,19,20,21). The summed E-state index contributed by atoms with van der Waals surface area (Å²) >= 11 is 1.44. The van der Waals surface area contributed by atoms with Crippen LogP contribution in [0.4, 0.5) is 5.13 Å². The van der Waals surface area contributed by atoms with Gasteiger partial charge in [0.1, 0.15) is 0 Å². The Morgan fingerprint density at radius 2 is 1.92 bits per heavy atom. The number of nitrogens with one attached hydrogen (secondary N) is 1. The maximum atomic E-state index is 12.1. The predicted molar refractivity (Wildman–Crippen MR) is 96.8 cm³/mol. The van der Waals surface area contributed by atoms with Gasteiger partial charge in [0.2, 0.25) is 5.91 Å². The topological polar surface area (TPSA) is 60.5 Å². The summed E-state index contributed by atoms with van der Waals surface area (Å²) in [6.45, 7) is 0. The van der Waals surface area contributed by atoms with Crippen molar-refractivity contribution < 1.29 is 14.3 Å². The van der Waals surface area contributed by atoms with Gasteiger partial charge < -0.3 is 9.47 Å². The van der Waals surface area contributed by atoms with Gasteiger partial charge >= 0.3 is 0 Å². The van der Waals surface area contributed by atoms with Crippen LogP contribution in [0.2, 0.25) is 0 Å². The maximum Gasteiger partial charge on any atom is 0.250 e. The van der Waals surface area contributed by atoms with E-state index in [1.807, 2.05) is 30.3 Å². The molecule has 0 aliphatic heterocycles. The fraction of sp³-hybridized carbons (Fsp3) is 0.111. The molecule has 0 saturated carbocycles. The Balaban J connectivity index is 1.71. The summed E-state index contributed by atoms with van der Waals surface area (Å²) in [6, 6.07) is 13.2. The number of nitrogens with zero attached hydrogens (tertiary/aromatic N) is 1. The van der Waals surface area contributed by atoms with Gasteiger partial charge in [0, 0.05) is 6.08 Å². The molecule has 24 heavy (non-hydrogen) atoms. The van der Waals surface area contributed by atoms with Crippen LogP contribution in [0.5, 0.6) is 11.5 Å². The van der Waals surface area contributed by atoms with Crippen LogP contribution >= 0.6 is 11.3 Å². The van der Waals surface area contributed by atoms with Crippen molar-refractivity contribution in [3.63, 3.8) is 0 Å². The van der Waals surface area contributed by atoms with Crippen molar-refractivity contribution in [3.8, 4) is 11.5 Å². The van der Waals surface area contributed by atoms with Crippen molar-refractivity contribution in [2.24, 2.45) is 0 Å². The van der Waals surface area contributed by atoms with Crippen LogP contribution in [0.15, 0.2) is 48.5 Å². The lowest BCUT2D eigenvalue weighted by Gasteiger charge is -2.07. The number of thiazole rings is 1. The smallest absolute Gasteiger partial charge is 0.250 e. The molecule has 0 saturated heterocycles. The second-order valence-electron chi connectivity index (χ2n) is 4.92. The quantitative estimate of drug-likeness (QED) is 0.714. The maximum absolute atomic E-state index is 12.1. The summed E-state index contributed by atoms with van der Waals surface area (Å²) in [5, 5.41) is 3.36. The molecule has 5 nitrogen and oxygen atoms in total. The summed E-state index contributed by atoms with van der Waals surface area (Å²) in [6.07, 6.45) is 3.18. The van der Waals surface area contributed by atoms with E-state index in [1.165, 1.54) is 17.4 Å². The van der Waals surface area contributed by atoms with Crippen LogP contribution in [-0.4, -0.2) is 25.1 Å². The van der Waals surface area contributed by atoms with Crippen LogP contribution in [0.25, 0.3) is 16.3 Å². The molecule has 0 spiro atoms. The summed E-state index contributed by atoms with van der Waals surface area (Å²) < 4.78 is 11.5. The number of ether oxygens (including phenoxy) is 2. The number of para-hydroxylation sites is 1. The van der Waals surface area contributed by atoms with Crippen LogP contribution in [0, 0.1) is 0 Å². The number of aromatic nitrogens is 1.